The van der Waals surface area contributed by atoms with Crippen LogP contribution in [-0.2, 0) is 10.2 Å². The van der Waals surface area contributed by atoms with Crippen molar-refractivity contribution in [2.24, 2.45) is 0 Å². The lowest BCUT2D eigenvalue weighted by atomic mass is 9.87. The third-order valence-electron chi connectivity index (χ3n) is 3.18. The van der Waals surface area contributed by atoms with Gasteiger partial charge in [-0.15, -0.1) is 11.8 Å². The molecule has 0 spiro atoms. The Balaban J connectivity index is 2.37. The normalized spacial score (nSPS) is 23.1. The molecule has 0 saturated heterocycles. The molecule has 2 atom stereocenters. The van der Waals surface area contributed by atoms with Crippen molar-refractivity contribution in [3.05, 3.63) is 23.8 Å². The van der Waals surface area contributed by atoms with Gasteiger partial charge in [0.2, 0.25) is 0 Å². The molecule has 0 aromatic heterocycles. The molecule has 4 heteroatoms. The van der Waals surface area contributed by atoms with E-state index in [4.69, 9.17) is 0 Å². The third kappa shape index (κ3) is 2.48. The molecule has 0 fully saturated rings. The summed E-state index contributed by atoms with van der Waals surface area (Å²) in [5.74, 6) is -0.758. The van der Waals surface area contributed by atoms with E-state index in [1.165, 1.54) is 17.3 Å². The van der Waals surface area contributed by atoms with Crippen molar-refractivity contribution in [3.63, 3.8) is 0 Å². The molecule has 18 heavy (non-hydrogen) atoms. The van der Waals surface area contributed by atoms with Crippen LogP contribution in [0, 0.1) is 0 Å². The first-order valence-corrected chi connectivity index (χ1v) is 6.97. The van der Waals surface area contributed by atoms with Crippen molar-refractivity contribution in [1.82, 2.24) is 0 Å². The number of benzene rings is 1. The molecule has 1 aromatic rings. The minimum absolute atomic E-state index is 0.0551. The Morgan fingerprint density at radius 2 is 2.06 bits per heavy atom. The van der Waals surface area contributed by atoms with Crippen molar-refractivity contribution in [2.75, 3.05) is 5.32 Å². The number of fused-ring (bicyclic) bond motifs is 1. The maximum atomic E-state index is 11.2. The van der Waals surface area contributed by atoms with Crippen LogP contribution in [0.3, 0.4) is 0 Å². The summed E-state index contributed by atoms with van der Waals surface area (Å²) in [5, 5.41) is 12.0. The van der Waals surface area contributed by atoms with Gasteiger partial charge in [-0.25, -0.2) is 0 Å². The first-order valence-electron chi connectivity index (χ1n) is 6.09. The summed E-state index contributed by atoms with van der Waals surface area (Å²) >= 11 is 1.44. The molecule has 3 nitrogen and oxygen atoms in total. The van der Waals surface area contributed by atoms with Gasteiger partial charge in [-0.3, -0.25) is 4.79 Å². The van der Waals surface area contributed by atoms with E-state index >= 15 is 0 Å². The largest absolute Gasteiger partial charge is 0.480 e. The zero-order valence-corrected chi connectivity index (χ0v) is 12.0. The summed E-state index contributed by atoms with van der Waals surface area (Å²) in [6.45, 7) is 8.39. The summed E-state index contributed by atoms with van der Waals surface area (Å²) in [7, 11) is 0. The average molecular weight is 265 g/mol. The molecule has 2 unspecified atom stereocenters. The number of thioether (sulfide) groups is 1. The Hall–Kier alpha value is -1.16. The highest BCUT2D eigenvalue weighted by Gasteiger charge is 2.31. The standard InChI is InChI=1S/C14H19NO2S/c1-8-12(13(16)17)18-11-7-9(14(2,3)4)5-6-10(11)15-8/h5-8,12,15H,1-4H3,(H,16,17). The van der Waals surface area contributed by atoms with Crippen molar-refractivity contribution in [3.8, 4) is 0 Å². The number of rotatable bonds is 1. The molecule has 0 amide bonds. The Bertz CT molecular complexity index is 479. The third-order valence-corrected chi connectivity index (χ3v) is 4.64. The van der Waals surface area contributed by atoms with Crippen LogP contribution in [0.5, 0.6) is 0 Å². The number of carbonyl (C=O) groups is 1. The topological polar surface area (TPSA) is 49.3 Å². The minimum atomic E-state index is -0.758. The number of carboxylic acids is 1. The van der Waals surface area contributed by atoms with Gasteiger partial charge in [0.15, 0.2) is 0 Å². The highest BCUT2D eigenvalue weighted by molar-refractivity contribution is 8.00. The zero-order chi connectivity index (χ0) is 13.5. The number of nitrogens with one attached hydrogen (secondary N) is 1. The molecular formula is C14H19NO2S. The second-order valence-corrected chi connectivity index (χ2v) is 6.95. The van der Waals surface area contributed by atoms with Crippen LogP contribution < -0.4 is 5.32 Å². The lowest BCUT2D eigenvalue weighted by Gasteiger charge is -2.30. The summed E-state index contributed by atoms with van der Waals surface area (Å²) < 4.78 is 0. The van der Waals surface area contributed by atoms with E-state index in [0.717, 1.165) is 10.6 Å². The van der Waals surface area contributed by atoms with E-state index in [1.54, 1.807) is 0 Å². The Morgan fingerprint density at radius 3 is 2.61 bits per heavy atom. The van der Waals surface area contributed by atoms with Gasteiger partial charge < -0.3 is 10.4 Å². The minimum Gasteiger partial charge on any atom is -0.480 e. The monoisotopic (exact) mass is 265 g/mol. The van der Waals surface area contributed by atoms with Gasteiger partial charge in [0.1, 0.15) is 5.25 Å². The number of carboxylic acid groups (broad SMARTS) is 1. The number of aliphatic carboxylic acids is 1. The molecular weight excluding hydrogens is 246 g/mol. The van der Waals surface area contributed by atoms with Gasteiger partial charge in [0.25, 0.3) is 0 Å². The fourth-order valence-electron chi connectivity index (χ4n) is 2.03. The van der Waals surface area contributed by atoms with Crippen LogP contribution in [0.15, 0.2) is 23.1 Å². The van der Waals surface area contributed by atoms with Crippen LogP contribution in [0.25, 0.3) is 0 Å². The first kappa shape index (κ1) is 13.3. The molecule has 98 valence electrons. The van der Waals surface area contributed by atoms with E-state index < -0.39 is 11.2 Å². The fourth-order valence-corrected chi connectivity index (χ4v) is 3.13. The predicted octanol–water partition coefficient (Wildman–Crippen LogP) is 3.34. The molecule has 1 heterocycles. The van der Waals surface area contributed by atoms with Crippen molar-refractivity contribution in [1.29, 1.82) is 0 Å². The second kappa shape index (κ2) is 4.50. The molecule has 1 aliphatic heterocycles. The average Bonchev–Trinajstić information content (AvgIpc) is 2.25. The zero-order valence-electron chi connectivity index (χ0n) is 11.2. The molecule has 1 aliphatic rings. The van der Waals surface area contributed by atoms with E-state index in [1.807, 2.05) is 6.92 Å². The van der Waals surface area contributed by atoms with Crippen LogP contribution >= 0.6 is 11.8 Å². The maximum absolute atomic E-state index is 11.2. The summed E-state index contributed by atoms with van der Waals surface area (Å²) in [5.41, 5.74) is 2.35. The summed E-state index contributed by atoms with van der Waals surface area (Å²) in [6, 6.07) is 6.22. The van der Waals surface area contributed by atoms with Crippen LogP contribution in [0.4, 0.5) is 5.69 Å². The van der Waals surface area contributed by atoms with Crippen molar-refractivity contribution in [2.45, 2.75) is 49.3 Å². The highest BCUT2D eigenvalue weighted by atomic mass is 32.2. The lowest BCUT2D eigenvalue weighted by Crippen LogP contribution is -2.37. The van der Waals surface area contributed by atoms with Gasteiger partial charge in [-0.2, -0.15) is 0 Å². The van der Waals surface area contributed by atoms with Crippen LogP contribution in [-0.4, -0.2) is 22.4 Å². The molecule has 0 radical (unpaired) electrons. The van der Waals surface area contributed by atoms with E-state index in [-0.39, 0.29) is 11.5 Å². The molecule has 1 aromatic carbocycles. The van der Waals surface area contributed by atoms with Crippen molar-refractivity contribution >= 4 is 23.4 Å². The fraction of sp³-hybridized carbons (Fsp3) is 0.500. The molecule has 0 bridgehead atoms. The molecule has 2 N–H and O–H groups in total. The second-order valence-electron chi connectivity index (χ2n) is 5.77. The summed E-state index contributed by atoms with van der Waals surface area (Å²) in [6.07, 6.45) is 0. The van der Waals surface area contributed by atoms with Crippen LogP contribution in [0.2, 0.25) is 0 Å². The Kier molecular flexibility index (Phi) is 3.32. The van der Waals surface area contributed by atoms with E-state index in [0.29, 0.717) is 0 Å². The number of hydrogen-bond donors (Lipinski definition) is 2. The first-order chi connectivity index (χ1) is 8.29. The quantitative estimate of drug-likeness (QED) is 0.817. The Labute approximate surface area is 112 Å². The van der Waals surface area contributed by atoms with E-state index in [2.05, 4.69) is 44.3 Å². The number of hydrogen-bond acceptors (Lipinski definition) is 3. The Morgan fingerprint density at radius 1 is 1.39 bits per heavy atom. The molecule has 0 saturated carbocycles. The molecule has 0 aliphatic carbocycles. The van der Waals surface area contributed by atoms with Gasteiger partial charge in [0.05, 0.1) is 0 Å². The van der Waals surface area contributed by atoms with Gasteiger partial charge in [-0.05, 0) is 30.0 Å². The lowest BCUT2D eigenvalue weighted by molar-refractivity contribution is -0.136. The van der Waals surface area contributed by atoms with Gasteiger partial charge >= 0.3 is 5.97 Å². The number of anilines is 1. The van der Waals surface area contributed by atoms with Crippen molar-refractivity contribution < 1.29 is 9.90 Å². The maximum Gasteiger partial charge on any atom is 0.319 e. The highest BCUT2D eigenvalue weighted by Crippen LogP contribution is 2.40. The smallest absolute Gasteiger partial charge is 0.319 e. The van der Waals surface area contributed by atoms with Gasteiger partial charge in [0, 0.05) is 16.6 Å². The van der Waals surface area contributed by atoms with E-state index in [9.17, 15) is 9.90 Å². The molecule has 2 rings (SSSR count). The van der Waals surface area contributed by atoms with Gasteiger partial charge in [-0.1, -0.05) is 26.8 Å². The SMILES string of the molecule is CC1Nc2ccc(C(C)(C)C)cc2SC1C(=O)O. The summed E-state index contributed by atoms with van der Waals surface area (Å²) in [4.78, 5) is 12.2. The predicted molar refractivity (Wildman–Crippen MR) is 75.5 cm³/mol. The van der Waals surface area contributed by atoms with Crippen LogP contribution in [0.1, 0.15) is 33.3 Å².